The van der Waals surface area contributed by atoms with Gasteiger partial charge in [-0.1, -0.05) is 37.3 Å². The van der Waals surface area contributed by atoms with Crippen molar-refractivity contribution in [3.8, 4) is 5.75 Å². The lowest BCUT2D eigenvalue weighted by atomic mass is 9.68. The molecule has 2 saturated carbocycles. The van der Waals surface area contributed by atoms with E-state index in [-0.39, 0.29) is 58.1 Å². The van der Waals surface area contributed by atoms with E-state index in [1.54, 1.807) is 30.5 Å². The highest BCUT2D eigenvalue weighted by atomic mass is 32.2. The maximum Gasteiger partial charge on any atom is 0.327 e. The first-order chi connectivity index (χ1) is 20.7. The Morgan fingerprint density at radius 1 is 1.07 bits per heavy atom. The van der Waals surface area contributed by atoms with Gasteiger partial charge in [0.2, 0.25) is 11.8 Å². The lowest BCUT2D eigenvalue weighted by Crippen LogP contribution is -2.49. The lowest BCUT2D eigenvalue weighted by molar-refractivity contribution is -0.157. The van der Waals surface area contributed by atoms with Crippen molar-refractivity contribution in [3.05, 3.63) is 44.4 Å². The van der Waals surface area contributed by atoms with Crippen LogP contribution in [-0.4, -0.2) is 87.8 Å². The molecule has 0 spiro atoms. The third kappa shape index (κ3) is 4.53. The Bertz CT molecular complexity index is 1530. The number of thiazole rings is 1. The highest BCUT2D eigenvalue weighted by Gasteiger charge is 2.70. The number of carbonyl (C=O) groups excluding carboxylic acids is 3. The summed E-state index contributed by atoms with van der Waals surface area (Å²) in [4.78, 5) is 71.2. The SMILES string of the molecule is CC(C)C(C(=O)O)N1C(=O)C2C3CC(C2C1=O)C1C3Sc2[nH]c(=O)sc2[C@@H]1c1ccc(OCC(=O)N2CCOCC2)cc1. The Hall–Kier alpha value is -3.16. The molecule has 0 radical (unpaired) electrons. The molecule has 3 aliphatic heterocycles. The quantitative estimate of drug-likeness (QED) is 0.442. The average Bonchev–Trinajstić information content (AvgIpc) is 3.72. The van der Waals surface area contributed by atoms with Crippen molar-refractivity contribution in [2.75, 3.05) is 32.9 Å². The number of benzene rings is 1. The summed E-state index contributed by atoms with van der Waals surface area (Å²) in [5.41, 5.74) is 0.974. The largest absolute Gasteiger partial charge is 0.484 e. The summed E-state index contributed by atoms with van der Waals surface area (Å²) in [5.74, 6) is -3.26. The van der Waals surface area contributed by atoms with Crippen LogP contribution >= 0.6 is 23.1 Å². The number of carboxylic acids is 1. The number of carboxylic acid groups (broad SMARTS) is 1. The first-order valence-corrected chi connectivity index (χ1v) is 16.4. The minimum Gasteiger partial charge on any atom is -0.484 e. The van der Waals surface area contributed by atoms with Gasteiger partial charge in [-0.15, -0.1) is 11.8 Å². The van der Waals surface area contributed by atoms with Crippen LogP contribution in [0.1, 0.15) is 36.6 Å². The molecular weight excluding hydrogens is 594 g/mol. The molecule has 5 aliphatic rings. The summed E-state index contributed by atoms with van der Waals surface area (Å²) in [6.07, 6.45) is 0.725. The van der Waals surface area contributed by atoms with Crippen LogP contribution in [0, 0.1) is 35.5 Å². The summed E-state index contributed by atoms with van der Waals surface area (Å²) in [6, 6.07) is 6.38. The molecule has 7 unspecified atom stereocenters. The fraction of sp³-hybridized carbons (Fsp3) is 0.567. The predicted octanol–water partition coefficient (Wildman–Crippen LogP) is 2.26. The molecule has 4 fully saturated rings. The molecular formula is C30H33N3O8S2. The van der Waals surface area contributed by atoms with Crippen LogP contribution in [0.25, 0.3) is 0 Å². The van der Waals surface area contributed by atoms with Crippen molar-refractivity contribution in [2.45, 2.75) is 42.5 Å². The second kappa shape index (κ2) is 10.8. The zero-order valence-corrected chi connectivity index (χ0v) is 25.4. The monoisotopic (exact) mass is 627 g/mol. The molecule has 2 bridgehead atoms. The number of nitrogens with one attached hydrogen (secondary N) is 1. The first-order valence-electron chi connectivity index (χ1n) is 14.7. The number of amides is 3. The lowest BCUT2D eigenvalue weighted by Gasteiger charge is -2.43. The Balaban J connectivity index is 1.17. The topological polar surface area (TPSA) is 146 Å². The molecule has 8 atom stereocenters. The van der Waals surface area contributed by atoms with Crippen LogP contribution in [0.5, 0.6) is 5.75 Å². The van der Waals surface area contributed by atoms with Crippen LogP contribution < -0.4 is 9.61 Å². The van der Waals surface area contributed by atoms with Crippen LogP contribution in [0.3, 0.4) is 0 Å². The van der Waals surface area contributed by atoms with Gasteiger partial charge in [-0.05, 0) is 47.8 Å². The number of carbonyl (C=O) groups is 4. The molecule has 43 heavy (non-hydrogen) atoms. The summed E-state index contributed by atoms with van der Waals surface area (Å²) < 4.78 is 11.1. The Morgan fingerprint density at radius 3 is 2.40 bits per heavy atom. The van der Waals surface area contributed by atoms with Gasteiger partial charge in [0.15, 0.2) is 6.61 Å². The van der Waals surface area contributed by atoms with E-state index in [4.69, 9.17) is 9.47 Å². The maximum atomic E-state index is 13.8. The fourth-order valence-corrected chi connectivity index (χ4v) is 11.1. The molecule has 11 nitrogen and oxygen atoms in total. The number of aromatic amines is 1. The minimum absolute atomic E-state index is 0.00361. The van der Waals surface area contributed by atoms with Crippen LogP contribution in [0.4, 0.5) is 0 Å². The number of rotatable bonds is 7. The van der Waals surface area contributed by atoms with Gasteiger partial charge < -0.3 is 24.5 Å². The van der Waals surface area contributed by atoms with Gasteiger partial charge in [-0.2, -0.15) is 0 Å². The summed E-state index contributed by atoms with van der Waals surface area (Å²) >= 11 is 2.77. The number of thioether (sulfide) groups is 1. The number of nitrogens with zero attached hydrogens (tertiary/aromatic N) is 2. The van der Waals surface area contributed by atoms with E-state index in [1.165, 1.54) is 11.3 Å². The smallest absolute Gasteiger partial charge is 0.327 e. The van der Waals surface area contributed by atoms with E-state index in [9.17, 15) is 29.1 Å². The Morgan fingerprint density at radius 2 is 1.74 bits per heavy atom. The molecule has 2 N–H and O–H groups in total. The molecule has 2 aliphatic carbocycles. The second-order valence-electron chi connectivity index (χ2n) is 12.4. The third-order valence-corrected chi connectivity index (χ3v) is 12.5. The van der Waals surface area contributed by atoms with Crippen LogP contribution in [-0.2, 0) is 23.9 Å². The maximum absolute atomic E-state index is 13.8. The van der Waals surface area contributed by atoms with E-state index in [1.807, 2.05) is 24.3 Å². The van der Waals surface area contributed by atoms with E-state index in [0.717, 1.165) is 26.8 Å². The number of hydrogen-bond acceptors (Lipinski definition) is 9. The molecule has 1 aromatic heterocycles. The van der Waals surface area contributed by atoms with Gasteiger partial charge in [-0.3, -0.25) is 24.1 Å². The van der Waals surface area contributed by atoms with E-state index < -0.39 is 29.8 Å². The van der Waals surface area contributed by atoms with Gasteiger partial charge in [0.25, 0.3) is 5.91 Å². The number of aromatic nitrogens is 1. The average molecular weight is 628 g/mol. The van der Waals surface area contributed by atoms with Crippen molar-refractivity contribution in [1.29, 1.82) is 0 Å². The molecule has 4 heterocycles. The van der Waals surface area contributed by atoms with Crippen LogP contribution in [0.2, 0.25) is 0 Å². The number of ether oxygens (including phenoxy) is 2. The van der Waals surface area contributed by atoms with E-state index >= 15 is 0 Å². The van der Waals surface area contributed by atoms with Gasteiger partial charge in [0.05, 0.1) is 30.1 Å². The summed E-state index contributed by atoms with van der Waals surface area (Å²) in [7, 11) is 0. The zero-order valence-electron chi connectivity index (χ0n) is 23.8. The number of H-pyrrole nitrogens is 1. The van der Waals surface area contributed by atoms with Crippen molar-refractivity contribution in [2.24, 2.45) is 35.5 Å². The minimum atomic E-state index is -1.18. The van der Waals surface area contributed by atoms with Gasteiger partial charge in [-0.25, -0.2) is 4.79 Å². The number of fused-ring (bicyclic) bond motifs is 9. The van der Waals surface area contributed by atoms with Gasteiger partial charge in [0, 0.05) is 29.1 Å². The van der Waals surface area contributed by atoms with Crippen molar-refractivity contribution >= 4 is 46.8 Å². The van der Waals surface area contributed by atoms with Crippen molar-refractivity contribution in [1.82, 2.24) is 14.8 Å². The summed E-state index contributed by atoms with van der Waals surface area (Å²) in [6.45, 7) is 5.51. The van der Waals surface area contributed by atoms with Crippen molar-refractivity contribution in [3.63, 3.8) is 0 Å². The standard InChI is InChI=1S/C30H33N3O8S2/c1-13(2)23(29(37)38)33-27(35)21-16-11-17(22(21)28(33)36)24-20(16)19(25-26(42-24)31-30(39)43-25)14-3-5-15(6-4-14)41-12-18(34)32-7-9-40-10-8-32/h3-6,13,16-17,19-24H,7-12H2,1-2H3,(H,31,39)(H,37,38)/t16?,17?,19-,20?,21?,22?,23?,24?/m1/s1. The number of hydrogen-bond donors (Lipinski definition) is 2. The van der Waals surface area contributed by atoms with Gasteiger partial charge >= 0.3 is 10.8 Å². The number of aliphatic carboxylic acids is 1. The normalized spacial score (nSPS) is 31.7. The Labute approximate surface area is 255 Å². The molecule has 3 amide bonds. The number of likely N-dealkylation sites (tertiary alicyclic amines) is 1. The molecule has 2 saturated heterocycles. The zero-order chi connectivity index (χ0) is 30.2. The first kappa shape index (κ1) is 28.6. The highest BCUT2D eigenvalue weighted by molar-refractivity contribution is 8.00. The van der Waals surface area contributed by atoms with Crippen molar-refractivity contribution < 1.29 is 33.8 Å². The molecule has 2 aromatic rings. The van der Waals surface area contributed by atoms with Gasteiger partial charge in [0.1, 0.15) is 11.8 Å². The number of morpholine rings is 1. The number of imide groups is 1. The fourth-order valence-electron chi connectivity index (χ4n) is 8.20. The molecule has 1 aromatic carbocycles. The Kier molecular flexibility index (Phi) is 7.17. The molecule has 13 heteroatoms. The molecule has 7 rings (SSSR count). The third-order valence-electron chi connectivity index (χ3n) is 9.89. The van der Waals surface area contributed by atoms with E-state index in [0.29, 0.717) is 32.1 Å². The second-order valence-corrected chi connectivity index (χ2v) is 14.6. The van der Waals surface area contributed by atoms with E-state index in [2.05, 4.69) is 4.98 Å². The highest BCUT2D eigenvalue weighted by Crippen LogP contribution is 2.68. The molecule has 228 valence electrons. The predicted molar refractivity (Wildman–Crippen MR) is 156 cm³/mol. The van der Waals surface area contributed by atoms with Crippen LogP contribution in [0.15, 0.2) is 34.1 Å². The summed E-state index contributed by atoms with van der Waals surface area (Å²) in [5, 5.41) is 10.7.